The smallest absolute Gasteiger partial charge is 0.406 e. The van der Waals surface area contributed by atoms with Crippen LogP contribution >= 0.6 is 0 Å². The number of nitrogens with zero attached hydrogens (tertiary/aromatic N) is 3. The lowest BCUT2D eigenvalue weighted by Crippen LogP contribution is -2.16. The van der Waals surface area contributed by atoms with Gasteiger partial charge in [0.2, 0.25) is 5.82 Å². The molecule has 0 radical (unpaired) electrons. The van der Waals surface area contributed by atoms with Gasteiger partial charge in [0, 0.05) is 11.8 Å². The van der Waals surface area contributed by atoms with E-state index in [1.165, 1.54) is 30.5 Å². The van der Waals surface area contributed by atoms with Crippen LogP contribution in [0.2, 0.25) is 0 Å². The normalized spacial score (nSPS) is 11.6. The quantitative estimate of drug-likeness (QED) is 0.804. The topological polar surface area (TPSA) is 76.8 Å². The molecule has 3 aromatic rings. The van der Waals surface area contributed by atoms with E-state index in [1.54, 1.807) is 6.07 Å². The Morgan fingerprint density at radius 2 is 1.86 bits per heavy atom. The van der Waals surface area contributed by atoms with Crippen LogP contribution in [-0.2, 0) is 0 Å². The Morgan fingerprint density at radius 3 is 2.48 bits per heavy atom. The molecule has 1 aromatic carbocycles. The molecule has 0 atom stereocenters. The Kier molecular flexibility index (Phi) is 3.09. The monoisotopic (exact) mass is 296 g/mol. The van der Waals surface area contributed by atoms with Crippen molar-refractivity contribution in [2.24, 2.45) is 0 Å². The molecule has 0 saturated heterocycles. The van der Waals surface area contributed by atoms with Crippen molar-refractivity contribution < 1.29 is 22.4 Å². The number of aromatic amines is 1. The van der Waals surface area contributed by atoms with Crippen LogP contribution in [0.3, 0.4) is 0 Å². The van der Waals surface area contributed by atoms with Gasteiger partial charge in [-0.25, -0.2) is 0 Å². The number of ether oxygens (including phenoxy) is 1. The summed E-state index contributed by atoms with van der Waals surface area (Å²) in [5.41, 5.74) is 1.05. The van der Waals surface area contributed by atoms with Gasteiger partial charge in [0.25, 0.3) is 5.89 Å². The van der Waals surface area contributed by atoms with Crippen LogP contribution in [0.25, 0.3) is 23.0 Å². The molecule has 2 aromatic heterocycles. The Hall–Kier alpha value is -2.84. The number of hydrogen-bond donors (Lipinski definition) is 1. The van der Waals surface area contributed by atoms with Crippen molar-refractivity contribution in [3.05, 3.63) is 36.5 Å². The second-order valence-corrected chi connectivity index (χ2v) is 3.97. The average Bonchev–Trinajstić information content (AvgIpc) is 3.09. The van der Waals surface area contributed by atoms with Crippen molar-refractivity contribution in [1.82, 2.24) is 20.3 Å². The summed E-state index contributed by atoms with van der Waals surface area (Å²) in [5.74, 6) is 0.166. The van der Waals surface area contributed by atoms with E-state index in [0.29, 0.717) is 11.3 Å². The predicted octanol–water partition coefficient (Wildman–Crippen LogP) is 3.03. The van der Waals surface area contributed by atoms with Crippen LogP contribution in [0, 0.1) is 0 Å². The van der Waals surface area contributed by atoms with Gasteiger partial charge in [-0.1, -0.05) is 5.16 Å². The Balaban J connectivity index is 1.81. The zero-order valence-corrected chi connectivity index (χ0v) is 10.3. The molecule has 2 heterocycles. The lowest BCUT2D eigenvalue weighted by molar-refractivity contribution is -0.274. The van der Waals surface area contributed by atoms with Gasteiger partial charge in [-0.15, -0.1) is 13.2 Å². The Bertz CT molecular complexity index is 720. The fourth-order valence-electron chi connectivity index (χ4n) is 1.63. The third-order valence-corrected chi connectivity index (χ3v) is 2.50. The van der Waals surface area contributed by atoms with Crippen LogP contribution in [0.1, 0.15) is 0 Å². The van der Waals surface area contributed by atoms with Crippen molar-refractivity contribution >= 4 is 0 Å². The number of nitrogens with one attached hydrogen (secondary N) is 1. The lowest BCUT2D eigenvalue weighted by atomic mass is 10.2. The molecule has 0 fully saturated rings. The number of rotatable bonds is 3. The molecular formula is C12H7F3N4O2. The van der Waals surface area contributed by atoms with Gasteiger partial charge in [0.1, 0.15) is 11.4 Å². The van der Waals surface area contributed by atoms with Crippen LogP contribution in [-0.4, -0.2) is 26.7 Å². The predicted molar refractivity (Wildman–Crippen MR) is 64.0 cm³/mol. The molecule has 21 heavy (non-hydrogen) atoms. The van der Waals surface area contributed by atoms with E-state index in [4.69, 9.17) is 4.52 Å². The highest BCUT2D eigenvalue weighted by molar-refractivity contribution is 5.58. The fraction of sp³-hybridized carbons (Fsp3) is 0.0833. The first kappa shape index (κ1) is 13.2. The van der Waals surface area contributed by atoms with Crippen LogP contribution < -0.4 is 4.74 Å². The van der Waals surface area contributed by atoms with Crippen molar-refractivity contribution in [2.75, 3.05) is 0 Å². The van der Waals surface area contributed by atoms with Crippen molar-refractivity contribution in [3.8, 4) is 28.7 Å². The maximum Gasteiger partial charge on any atom is 0.573 e. The van der Waals surface area contributed by atoms with Crippen LogP contribution in [0.5, 0.6) is 5.75 Å². The first-order chi connectivity index (χ1) is 10.0. The van der Waals surface area contributed by atoms with Gasteiger partial charge in [-0.3, -0.25) is 5.10 Å². The molecule has 0 aliphatic carbocycles. The highest BCUT2D eigenvalue weighted by atomic mass is 19.4. The van der Waals surface area contributed by atoms with Crippen molar-refractivity contribution in [1.29, 1.82) is 0 Å². The summed E-state index contributed by atoms with van der Waals surface area (Å²) >= 11 is 0. The van der Waals surface area contributed by atoms with Gasteiger partial charge >= 0.3 is 6.36 Å². The Labute approximate surface area is 115 Å². The van der Waals surface area contributed by atoms with Gasteiger partial charge < -0.3 is 9.26 Å². The molecule has 3 rings (SSSR count). The van der Waals surface area contributed by atoms with E-state index in [1.807, 2.05) is 0 Å². The van der Waals surface area contributed by atoms with E-state index in [9.17, 15) is 13.2 Å². The standard InChI is InChI=1S/C12H7F3N4O2/c13-12(14,15)20-8-3-1-7(2-4-8)10-17-11(21-19-10)9-5-6-16-18-9/h1-6H,(H,16,18). The molecule has 0 saturated carbocycles. The second-order valence-electron chi connectivity index (χ2n) is 3.97. The van der Waals surface area contributed by atoms with E-state index in [0.717, 1.165) is 0 Å². The Morgan fingerprint density at radius 1 is 1.10 bits per heavy atom. The van der Waals surface area contributed by atoms with Gasteiger partial charge in [0.05, 0.1) is 0 Å². The van der Waals surface area contributed by atoms with E-state index in [-0.39, 0.29) is 17.5 Å². The summed E-state index contributed by atoms with van der Waals surface area (Å²) in [6.45, 7) is 0. The molecule has 0 aliphatic heterocycles. The maximum atomic E-state index is 12.1. The van der Waals surface area contributed by atoms with Gasteiger partial charge in [0.15, 0.2) is 0 Å². The lowest BCUT2D eigenvalue weighted by Gasteiger charge is -2.08. The summed E-state index contributed by atoms with van der Waals surface area (Å²) in [6, 6.07) is 6.81. The third-order valence-electron chi connectivity index (χ3n) is 2.50. The number of H-pyrrole nitrogens is 1. The van der Waals surface area contributed by atoms with Gasteiger partial charge in [-0.2, -0.15) is 10.1 Å². The first-order valence-electron chi connectivity index (χ1n) is 5.71. The summed E-state index contributed by atoms with van der Waals surface area (Å²) in [6.07, 6.45) is -3.19. The average molecular weight is 296 g/mol. The first-order valence-corrected chi connectivity index (χ1v) is 5.71. The van der Waals surface area contributed by atoms with Crippen molar-refractivity contribution in [2.45, 2.75) is 6.36 Å². The summed E-state index contributed by atoms with van der Waals surface area (Å²) in [7, 11) is 0. The van der Waals surface area contributed by atoms with E-state index >= 15 is 0 Å². The molecule has 0 bridgehead atoms. The molecule has 108 valence electrons. The maximum absolute atomic E-state index is 12.1. The minimum atomic E-state index is -4.72. The fourth-order valence-corrected chi connectivity index (χ4v) is 1.63. The summed E-state index contributed by atoms with van der Waals surface area (Å²) in [5, 5.41) is 10.2. The van der Waals surface area contributed by atoms with Crippen LogP contribution in [0.4, 0.5) is 13.2 Å². The molecule has 1 N–H and O–H groups in total. The van der Waals surface area contributed by atoms with E-state index in [2.05, 4.69) is 25.1 Å². The van der Waals surface area contributed by atoms with Crippen molar-refractivity contribution in [3.63, 3.8) is 0 Å². The van der Waals surface area contributed by atoms with E-state index < -0.39 is 6.36 Å². The zero-order chi connectivity index (χ0) is 14.9. The molecule has 0 spiro atoms. The summed E-state index contributed by atoms with van der Waals surface area (Å²) in [4.78, 5) is 4.12. The molecule has 0 aliphatic rings. The SMILES string of the molecule is FC(F)(F)Oc1ccc(-c2noc(-c3ccn[nH]3)n2)cc1. The molecule has 9 heteroatoms. The molecule has 0 unspecified atom stereocenters. The number of aromatic nitrogens is 4. The second kappa shape index (κ2) is 4.93. The number of alkyl halides is 3. The zero-order valence-electron chi connectivity index (χ0n) is 10.3. The number of benzene rings is 1. The minimum absolute atomic E-state index is 0.234. The number of halogens is 3. The molecule has 6 nitrogen and oxygen atoms in total. The largest absolute Gasteiger partial charge is 0.573 e. The minimum Gasteiger partial charge on any atom is -0.406 e. The highest BCUT2D eigenvalue weighted by Gasteiger charge is 2.31. The number of hydrogen-bond acceptors (Lipinski definition) is 5. The van der Waals surface area contributed by atoms with Crippen LogP contribution in [0.15, 0.2) is 41.1 Å². The van der Waals surface area contributed by atoms with Gasteiger partial charge in [-0.05, 0) is 30.3 Å². The third kappa shape index (κ3) is 3.02. The highest BCUT2D eigenvalue weighted by Crippen LogP contribution is 2.26. The molecule has 0 amide bonds. The summed E-state index contributed by atoms with van der Waals surface area (Å²) < 4.78 is 45.0. The molecular weight excluding hydrogens is 289 g/mol.